The first-order valence-electron chi connectivity index (χ1n) is 4.74. The van der Waals surface area contributed by atoms with Crippen molar-refractivity contribution in [2.24, 2.45) is 0 Å². The number of nitrogens with zero attached hydrogens (tertiary/aromatic N) is 1. The maximum Gasteiger partial charge on any atom is 0.327 e. The van der Waals surface area contributed by atoms with Gasteiger partial charge in [-0.05, 0) is 13.0 Å². The zero-order chi connectivity index (χ0) is 13.0. The van der Waals surface area contributed by atoms with Crippen LogP contribution in [0, 0.1) is 15.9 Å². The van der Waals surface area contributed by atoms with Gasteiger partial charge in [-0.25, -0.2) is 9.18 Å². The van der Waals surface area contributed by atoms with E-state index in [9.17, 15) is 19.3 Å². The van der Waals surface area contributed by atoms with Gasteiger partial charge in [0.05, 0.1) is 23.8 Å². The number of esters is 1. The van der Waals surface area contributed by atoms with E-state index in [0.29, 0.717) is 0 Å². The number of nitro groups is 1. The molecular weight excluding hydrogens is 231 g/mol. The van der Waals surface area contributed by atoms with E-state index < -0.39 is 22.8 Å². The van der Waals surface area contributed by atoms with Gasteiger partial charge in [0.1, 0.15) is 6.04 Å². The van der Waals surface area contributed by atoms with E-state index in [1.165, 1.54) is 20.1 Å². The minimum absolute atomic E-state index is 0.00787. The van der Waals surface area contributed by atoms with Crippen molar-refractivity contribution in [1.82, 2.24) is 0 Å². The number of carbonyl (C=O) groups is 1. The Bertz CT molecular complexity index is 450. The van der Waals surface area contributed by atoms with E-state index in [1.54, 1.807) is 0 Å². The molecule has 0 aromatic heterocycles. The van der Waals surface area contributed by atoms with Crippen molar-refractivity contribution in [3.05, 3.63) is 34.1 Å². The van der Waals surface area contributed by atoms with Crippen molar-refractivity contribution >= 4 is 17.3 Å². The Balaban J connectivity index is 2.86. The summed E-state index contributed by atoms with van der Waals surface area (Å²) in [4.78, 5) is 20.8. The number of nitro benzene ring substituents is 1. The molecule has 1 rings (SSSR count). The van der Waals surface area contributed by atoms with E-state index in [-0.39, 0.29) is 11.4 Å². The van der Waals surface area contributed by atoms with E-state index in [4.69, 9.17) is 0 Å². The SMILES string of the molecule is COC(=O)C(C)Nc1ccc([N+](=O)[O-])cc1F. The van der Waals surface area contributed by atoms with Gasteiger partial charge in [0.25, 0.3) is 5.69 Å². The molecule has 0 aliphatic heterocycles. The molecule has 0 spiro atoms. The smallest absolute Gasteiger partial charge is 0.327 e. The molecule has 0 radical (unpaired) electrons. The third-order valence-electron chi connectivity index (χ3n) is 2.09. The Hall–Kier alpha value is -2.18. The number of nitrogens with one attached hydrogen (secondary N) is 1. The average molecular weight is 242 g/mol. The lowest BCUT2D eigenvalue weighted by atomic mass is 10.2. The normalized spacial score (nSPS) is 11.7. The molecule has 1 aromatic rings. The van der Waals surface area contributed by atoms with Gasteiger partial charge in [0.15, 0.2) is 5.82 Å². The molecule has 0 aliphatic rings. The lowest BCUT2D eigenvalue weighted by Gasteiger charge is -2.13. The van der Waals surface area contributed by atoms with E-state index in [1.807, 2.05) is 0 Å². The standard InChI is InChI=1S/C10H11FN2O4/c1-6(10(14)17-2)12-9-4-3-7(13(15)16)5-8(9)11/h3-6,12H,1-2H3. The summed E-state index contributed by atoms with van der Waals surface area (Å²) in [6.45, 7) is 1.49. The van der Waals surface area contributed by atoms with E-state index >= 15 is 0 Å². The first-order valence-corrected chi connectivity index (χ1v) is 4.74. The maximum absolute atomic E-state index is 13.4. The van der Waals surface area contributed by atoms with Crippen LogP contribution < -0.4 is 5.32 Å². The Morgan fingerprint density at radius 1 is 1.59 bits per heavy atom. The topological polar surface area (TPSA) is 81.5 Å². The number of rotatable bonds is 4. The quantitative estimate of drug-likeness (QED) is 0.493. The zero-order valence-electron chi connectivity index (χ0n) is 9.27. The lowest BCUT2D eigenvalue weighted by molar-refractivity contribution is -0.385. The molecule has 0 saturated carbocycles. The van der Waals surface area contributed by atoms with Gasteiger partial charge >= 0.3 is 5.97 Å². The van der Waals surface area contributed by atoms with Crippen molar-refractivity contribution in [2.45, 2.75) is 13.0 Å². The molecular formula is C10H11FN2O4. The van der Waals surface area contributed by atoms with Gasteiger partial charge in [-0.3, -0.25) is 10.1 Å². The summed E-state index contributed by atoms with van der Waals surface area (Å²) in [6.07, 6.45) is 0. The van der Waals surface area contributed by atoms with Gasteiger partial charge in [-0.15, -0.1) is 0 Å². The largest absolute Gasteiger partial charge is 0.467 e. The number of hydrogen-bond donors (Lipinski definition) is 1. The van der Waals surface area contributed by atoms with Gasteiger partial charge in [0, 0.05) is 6.07 Å². The van der Waals surface area contributed by atoms with Gasteiger partial charge in [0.2, 0.25) is 0 Å². The molecule has 17 heavy (non-hydrogen) atoms. The summed E-state index contributed by atoms with van der Waals surface area (Å²) in [5.41, 5.74) is -0.340. The molecule has 0 amide bonds. The van der Waals surface area contributed by atoms with Crippen LogP contribution in [-0.4, -0.2) is 24.0 Å². The predicted molar refractivity (Wildman–Crippen MR) is 58.2 cm³/mol. The van der Waals surface area contributed by atoms with Gasteiger partial charge < -0.3 is 10.1 Å². The molecule has 92 valence electrons. The van der Waals surface area contributed by atoms with Crippen molar-refractivity contribution in [3.8, 4) is 0 Å². The summed E-state index contributed by atoms with van der Waals surface area (Å²) in [6, 6.07) is 2.39. The van der Waals surface area contributed by atoms with Crippen LogP contribution in [0.1, 0.15) is 6.92 Å². The van der Waals surface area contributed by atoms with Crippen LogP contribution in [0.5, 0.6) is 0 Å². The highest BCUT2D eigenvalue weighted by Crippen LogP contribution is 2.21. The molecule has 6 nitrogen and oxygen atoms in total. The average Bonchev–Trinajstić information content (AvgIpc) is 2.30. The van der Waals surface area contributed by atoms with Crippen molar-refractivity contribution in [3.63, 3.8) is 0 Å². The fourth-order valence-electron chi connectivity index (χ4n) is 1.20. The first-order chi connectivity index (χ1) is 7.95. The van der Waals surface area contributed by atoms with Crippen LogP contribution in [0.2, 0.25) is 0 Å². The molecule has 0 aliphatic carbocycles. The number of methoxy groups -OCH3 is 1. The fraction of sp³-hybridized carbons (Fsp3) is 0.300. The van der Waals surface area contributed by atoms with Crippen molar-refractivity contribution in [2.75, 3.05) is 12.4 Å². The molecule has 0 bridgehead atoms. The second-order valence-electron chi connectivity index (χ2n) is 3.31. The monoisotopic (exact) mass is 242 g/mol. The second-order valence-corrected chi connectivity index (χ2v) is 3.31. The van der Waals surface area contributed by atoms with Crippen LogP contribution in [0.4, 0.5) is 15.8 Å². The molecule has 1 aromatic carbocycles. The van der Waals surface area contributed by atoms with Crippen molar-refractivity contribution in [1.29, 1.82) is 0 Å². The highest BCUT2D eigenvalue weighted by Gasteiger charge is 2.16. The first kappa shape index (κ1) is 12.9. The Morgan fingerprint density at radius 2 is 2.24 bits per heavy atom. The number of carbonyl (C=O) groups excluding carboxylic acids is 1. The third-order valence-corrected chi connectivity index (χ3v) is 2.09. The minimum Gasteiger partial charge on any atom is -0.467 e. The number of non-ortho nitro benzene ring substituents is 1. The van der Waals surface area contributed by atoms with Gasteiger partial charge in [-0.1, -0.05) is 0 Å². The Kier molecular flexibility index (Phi) is 3.97. The molecule has 0 heterocycles. The number of hydrogen-bond acceptors (Lipinski definition) is 5. The molecule has 0 saturated heterocycles. The molecule has 1 unspecified atom stereocenters. The van der Waals surface area contributed by atoms with Crippen LogP contribution in [0.15, 0.2) is 18.2 Å². The minimum atomic E-state index is -0.796. The van der Waals surface area contributed by atoms with E-state index in [2.05, 4.69) is 10.1 Å². The number of anilines is 1. The summed E-state index contributed by atoms with van der Waals surface area (Å²) in [5.74, 6) is -1.35. The number of halogens is 1. The summed E-state index contributed by atoms with van der Waals surface area (Å²) in [7, 11) is 1.21. The third kappa shape index (κ3) is 3.13. The van der Waals surface area contributed by atoms with Crippen LogP contribution in [0.3, 0.4) is 0 Å². The number of ether oxygens (including phenoxy) is 1. The van der Waals surface area contributed by atoms with Crippen molar-refractivity contribution < 1.29 is 18.8 Å². The molecule has 7 heteroatoms. The lowest BCUT2D eigenvalue weighted by Crippen LogP contribution is -2.27. The number of benzene rings is 1. The van der Waals surface area contributed by atoms with Crippen LogP contribution >= 0.6 is 0 Å². The van der Waals surface area contributed by atoms with Crippen LogP contribution in [-0.2, 0) is 9.53 Å². The zero-order valence-corrected chi connectivity index (χ0v) is 9.27. The van der Waals surface area contributed by atoms with Crippen LogP contribution in [0.25, 0.3) is 0 Å². The predicted octanol–water partition coefficient (Wildman–Crippen LogP) is 1.71. The summed E-state index contributed by atoms with van der Waals surface area (Å²) in [5, 5.41) is 12.9. The molecule has 0 fully saturated rings. The summed E-state index contributed by atoms with van der Waals surface area (Å²) >= 11 is 0. The Labute approximate surface area is 96.5 Å². The molecule has 1 N–H and O–H groups in total. The van der Waals surface area contributed by atoms with E-state index in [0.717, 1.165) is 12.1 Å². The fourth-order valence-corrected chi connectivity index (χ4v) is 1.20. The highest BCUT2D eigenvalue weighted by atomic mass is 19.1. The second kappa shape index (κ2) is 5.24. The van der Waals surface area contributed by atoms with Gasteiger partial charge in [-0.2, -0.15) is 0 Å². The Morgan fingerprint density at radius 3 is 2.71 bits per heavy atom. The highest BCUT2D eigenvalue weighted by molar-refractivity contribution is 5.78. The molecule has 1 atom stereocenters. The summed E-state index contributed by atoms with van der Waals surface area (Å²) < 4.78 is 17.9. The maximum atomic E-state index is 13.4.